The number of nitrogens with zero attached hydrogens (tertiary/aromatic N) is 1. The second-order valence-corrected chi connectivity index (χ2v) is 4.19. The molecule has 0 aromatic carbocycles. The molecule has 0 aromatic heterocycles. The molecular formula is C10H13NO4. The second kappa shape index (κ2) is 3.49. The lowest BCUT2D eigenvalue weighted by atomic mass is 9.98. The normalized spacial score (nSPS) is 17.0. The zero-order valence-corrected chi connectivity index (χ0v) is 8.90. The third kappa shape index (κ3) is 2.06. The molecule has 1 aliphatic rings. The fraction of sp³-hybridized carbons (Fsp3) is 0.500. The van der Waals surface area contributed by atoms with Gasteiger partial charge in [0.1, 0.15) is 0 Å². The minimum absolute atomic E-state index is 0.258. The van der Waals surface area contributed by atoms with Crippen molar-refractivity contribution in [1.82, 2.24) is 4.90 Å². The van der Waals surface area contributed by atoms with Crippen LogP contribution in [0.4, 0.5) is 0 Å². The fourth-order valence-corrected chi connectivity index (χ4v) is 1.61. The molecule has 5 nitrogen and oxygen atoms in total. The highest BCUT2D eigenvalue weighted by Gasteiger charge is 2.40. The molecule has 0 bridgehead atoms. The summed E-state index contributed by atoms with van der Waals surface area (Å²) >= 11 is 0. The minimum Gasteiger partial charge on any atom is -0.481 e. The number of aliphatic carboxylic acids is 1. The lowest BCUT2D eigenvalue weighted by Crippen LogP contribution is -2.49. The van der Waals surface area contributed by atoms with E-state index < -0.39 is 23.3 Å². The number of hydrogen-bond donors (Lipinski definition) is 1. The molecule has 0 fully saturated rings. The van der Waals surface area contributed by atoms with Gasteiger partial charge in [0.05, 0.1) is 12.0 Å². The molecule has 0 saturated heterocycles. The van der Waals surface area contributed by atoms with Crippen molar-refractivity contribution < 1.29 is 19.5 Å². The first kappa shape index (κ1) is 11.4. The molecule has 0 aromatic rings. The van der Waals surface area contributed by atoms with Crippen molar-refractivity contribution in [1.29, 1.82) is 0 Å². The van der Waals surface area contributed by atoms with Crippen molar-refractivity contribution in [3.05, 3.63) is 11.6 Å². The predicted octanol–water partition coefficient (Wildman–Crippen LogP) is 0.555. The molecule has 1 rings (SSSR count). The Morgan fingerprint density at radius 2 is 2.00 bits per heavy atom. The van der Waals surface area contributed by atoms with E-state index in [-0.39, 0.29) is 6.42 Å². The Labute approximate surface area is 87.4 Å². The molecule has 0 atom stereocenters. The van der Waals surface area contributed by atoms with Crippen molar-refractivity contribution in [3.8, 4) is 0 Å². The first-order valence-electron chi connectivity index (χ1n) is 4.54. The lowest BCUT2D eigenvalue weighted by Gasteiger charge is -2.32. The van der Waals surface area contributed by atoms with E-state index in [1.54, 1.807) is 13.8 Å². The van der Waals surface area contributed by atoms with Gasteiger partial charge in [-0.2, -0.15) is 0 Å². The number of carboxylic acid groups (broad SMARTS) is 1. The standard InChI is InChI=1S/C10H13NO4/c1-6-4-7(12)11(9(6)15)10(2,3)5-8(13)14/h4H,5H2,1-3H3,(H,13,14). The topological polar surface area (TPSA) is 74.7 Å². The molecule has 2 amide bonds. The van der Waals surface area contributed by atoms with Gasteiger partial charge in [-0.05, 0) is 20.8 Å². The third-order valence-electron chi connectivity index (χ3n) is 2.29. The van der Waals surface area contributed by atoms with Crippen LogP contribution in [-0.4, -0.2) is 33.3 Å². The van der Waals surface area contributed by atoms with Gasteiger partial charge in [-0.15, -0.1) is 0 Å². The molecule has 0 radical (unpaired) electrons. The van der Waals surface area contributed by atoms with Crippen LogP contribution >= 0.6 is 0 Å². The van der Waals surface area contributed by atoms with Gasteiger partial charge in [0.25, 0.3) is 11.8 Å². The molecule has 82 valence electrons. The molecular weight excluding hydrogens is 198 g/mol. The van der Waals surface area contributed by atoms with Gasteiger partial charge in [-0.3, -0.25) is 19.3 Å². The van der Waals surface area contributed by atoms with Crippen molar-refractivity contribution in [2.45, 2.75) is 32.7 Å². The SMILES string of the molecule is CC1=CC(=O)N(C(C)(C)CC(=O)O)C1=O. The number of rotatable bonds is 3. The van der Waals surface area contributed by atoms with E-state index in [2.05, 4.69) is 0 Å². The smallest absolute Gasteiger partial charge is 0.305 e. The Morgan fingerprint density at radius 1 is 1.47 bits per heavy atom. The van der Waals surface area contributed by atoms with E-state index in [0.29, 0.717) is 5.57 Å². The Bertz CT molecular complexity index is 368. The summed E-state index contributed by atoms with van der Waals surface area (Å²) in [5.41, 5.74) is -0.646. The molecule has 1 heterocycles. The number of amides is 2. The van der Waals surface area contributed by atoms with Gasteiger partial charge < -0.3 is 5.11 Å². The van der Waals surface area contributed by atoms with Crippen LogP contribution in [-0.2, 0) is 14.4 Å². The van der Waals surface area contributed by atoms with Crippen LogP contribution in [0.25, 0.3) is 0 Å². The second-order valence-electron chi connectivity index (χ2n) is 4.19. The minimum atomic E-state index is -1.04. The van der Waals surface area contributed by atoms with Crippen molar-refractivity contribution in [2.24, 2.45) is 0 Å². The maximum absolute atomic E-state index is 11.6. The summed E-state index contributed by atoms with van der Waals surface area (Å²) in [7, 11) is 0. The van der Waals surface area contributed by atoms with Crippen LogP contribution in [0.5, 0.6) is 0 Å². The summed E-state index contributed by atoms with van der Waals surface area (Å²) in [6, 6.07) is 0. The van der Waals surface area contributed by atoms with E-state index in [1.807, 2.05) is 0 Å². The molecule has 5 heteroatoms. The summed E-state index contributed by atoms with van der Waals surface area (Å²) in [6.07, 6.45) is 0.970. The van der Waals surface area contributed by atoms with Gasteiger partial charge in [0.2, 0.25) is 0 Å². The van der Waals surface area contributed by atoms with Gasteiger partial charge >= 0.3 is 5.97 Å². The zero-order valence-electron chi connectivity index (χ0n) is 8.90. The van der Waals surface area contributed by atoms with Crippen molar-refractivity contribution in [2.75, 3.05) is 0 Å². The summed E-state index contributed by atoms with van der Waals surface area (Å²) in [4.78, 5) is 34.6. The maximum atomic E-state index is 11.6. The van der Waals surface area contributed by atoms with Crippen LogP contribution in [0.3, 0.4) is 0 Å². The van der Waals surface area contributed by atoms with Crippen molar-refractivity contribution >= 4 is 17.8 Å². The summed E-state index contributed by atoms with van der Waals surface area (Å²) in [5.74, 6) is -1.89. The summed E-state index contributed by atoms with van der Waals surface area (Å²) < 4.78 is 0. The highest BCUT2D eigenvalue weighted by atomic mass is 16.4. The van der Waals surface area contributed by atoms with Gasteiger partial charge in [-0.25, -0.2) is 0 Å². The lowest BCUT2D eigenvalue weighted by molar-refractivity contribution is -0.147. The Hall–Kier alpha value is -1.65. The van der Waals surface area contributed by atoms with Crippen molar-refractivity contribution in [3.63, 3.8) is 0 Å². The van der Waals surface area contributed by atoms with E-state index >= 15 is 0 Å². The Morgan fingerprint density at radius 3 is 2.33 bits per heavy atom. The molecule has 0 saturated carbocycles. The number of carbonyl (C=O) groups is 3. The largest absolute Gasteiger partial charge is 0.481 e. The Balaban J connectivity index is 2.95. The van der Waals surface area contributed by atoms with Crippen LogP contribution in [0.15, 0.2) is 11.6 Å². The average Bonchev–Trinajstić information content (AvgIpc) is 2.23. The van der Waals surface area contributed by atoms with E-state index in [9.17, 15) is 14.4 Å². The monoisotopic (exact) mass is 211 g/mol. The quantitative estimate of drug-likeness (QED) is 0.692. The Kier molecular flexibility index (Phi) is 2.66. The van der Waals surface area contributed by atoms with Crippen LogP contribution < -0.4 is 0 Å². The van der Waals surface area contributed by atoms with E-state index in [0.717, 1.165) is 4.90 Å². The van der Waals surface area contributed by atoms with E-state index in [4.69, 9.17) is 5.11 Å². The molecule has 15 heavy (non-hydrogen) atoms. The molecule has 0 aliphatic carbocycles. The number of hydrogen-bond acceptors (Lipinski definition) is 3. The first-order valence-corrected chi connectivity index (χ1v) is 4.54. The van der Waals surface area contributed by atoms with Gasteiger partial charge in [0, 0.05) is 11.6 Å². The van der Waals surface area contributed by atoms with E-state index in [1.165, 1.54) is 13.0 Å². The third-order valence-corrected chi connectivity index (χ3v) is 2.29. The molecule has 0 spiro atoms. The van der Waals surface area contributed by atoms with Crippen LogP contribution in [0, 0.1) is 0 Å². The fourth-order valence-electron chi connectivity index (χ4n) is 1.61. The average molecular weight is 211 g/mol. The van der Waals surface area contributed by atoms with Gasteiger partial charge in [0.15, 0.2) is 0 Å². The number of imide groups is 1. The molecule has 1 aliphatic heterocycles. The number of carboxylic acids is 1. The highest BCUT2D eigenvalue weighted by molar-refractivity contribution is 6.16. The van der Waals surface area contributed by atoms with Crippen LogP contribution in [0.2, 0.25) is 0 Å². The number of carbonyl (C=O) groups excluding carboxylic acids is 2. The van der Waals surface area contributed by atoms with Crippen LogP contribution in [0.1, 0.15) is 27.2 Å². The zero-order chi connectivity index (χ0) is 11.8. The summed E-state index contributed by atoms with van der Waals surface area (Å²) in [5, 5.41) is 8.68. The first-order chi connectivity index (χ1) is 6.75. The van der Waals surface area contributed by atoms with Gasteiger partial charge in [-0.1, -0.05) is 0 Å². The molecule has 1 N–H and O–H groups in total. The maximum Gasteiger partial charge on any atom is 0.305 e. The molecule has 0 unspecified atom stereocenters. The predicted molar refractivity (Wildman–Crippen MR) is 51.9 cm³/mol. The summed E-state index contributed by atoms with van der Waals surface area (Å²) in [6.45, 7) is 4.66. The highest BCUT2D eigenvalue weighted by Crippen LogP contribution is 2.25.